The van der Waals surface area contributed by atoms with Crippen LogP contribution >= 0.6 is 0 Å². The average Bonchev–Trinajstić information content (AvgIpc) is 3.36. The van der Waals surface area contributed by atoms with Crippen LogP contribution in [0.25, 0.3) is 33.3 Å². The van der Waals surface area contributed by atoms with Crippen molar-refractivity contribution in [1.82, 2.24) is 24.9 Å². The Labute approximate surface area is 220 Å². The topological polar surface area (TPSA) is 112 Å². The normalized spacial score (nSPS) is 14.9. The zero-order valence-corrected chi connectivity index (χ0v) is 21.8. The Bertz CT molecular complexity index is 1670. The molecule has 0 bridgehead atoms. The van der Waals surface area contributed by atoms with Gasteiger partial charge in [-0.3, -0.25) is 4.79 Å². The predicted octanol–water partition coefficient (Wildman–Crippen LogP) is 4.99. The van der Waals surface area contributed by atoms with Gasteiger partial charge in [0.2, 0.25) is 0 Å². The number of morpholine rings is 1. The molecule has 1 unspecified atom stereocenters. The third-order valence-corrected chi connectivity index (χ3v) is 7.04. The summed E-state index contributed by atoms with van der Waals surface area (Å²) >= 11 is 0. The number of ether oxygens (including phenoxy) is 1. The van der Waals surface area contributed by atoms with E-state index in [1.54, 1.807) is 6.20 Å². The van der Waals surface area contributed by atoms with Crippen LogP contribution in [-0.2, 0) is 4.74 Å². The second kappa shape index (κ2) is 9.90. The van der Waals surface area contributed by atoms with Crippen LogP contribution in [0.15, 0.2) is 59.5 Å². The van der Waals surface area contributed by atoms with Crippen molar-refractivity contribution in [3.8, 4) is 11.4 Å². The first kappa shape index (κ1) is 24.1. The van der Waals surface area contributed by atoms with E-state index in [1.807, 2.05) is 43.3 Å². The number of pyridine rings is 1. The van der Waals surface area contributed by atoms with E-state index in [4.69, 9.17) is 14.7 Å². The lowest BCUT2D eigenvalue weighted by Crippen LogP contribution is -2.36. The summed E-state index contributed by atoms with van der Waals surface area (Å²) in [5, 5.41) is 4.45. The smallest absolute Gasteiger partial charge is 0.261 e. The van der Waals surface area contributed by atoms with E-state index in [0.717, 1.165) is 59.6 Å². The first-order valence-corrected chi connectivity index (χ1v) is 13.0. The van der Waals surface area contributed by atoms with Crippen molar-refractivity contribution in [1.29, 1.82) is 0 Å². The zero-order chi connectivity index (χ0) is 26.2. The van der Waals surface area contributed by atoms with E-state index < -0.39 is 0 Å². The number of hydrogen-bond donors (Lipinski definition) is 3. The molecule has 194 valence electrons. The number of nitrogens with zero attached hydrogens (tertiary/aromatic N) is 4. The Hall–Kier alpha value is -4.24. The van der Waals surface area contributed by atoms with Gasteiger partial charge in [-0.1, -0.05) is 32.0 Å². The summed E-state index contributed by atoms with van der Waals surface area (Å²) in [7, 11) is 0. The molecule has 1 saturated heterocycles. The summed E-state index contributed by atoms with van der Waals surface area (Å²) < 4.78 is 5.50. The molecule has 5 aromatic rings. The molecular formula is C29H31N7O2. The Morgan fingerprint density at radius 2 is 1.79 bits per heavy atom. The first-order valence-electron chi connectivity index (χ1n) is 13.0. The van der Waals surface area contributed by atoms with Gasteiger partial charge in [-0.05, 0) is 43.2 Å². The van der Waals surface area contributed by atoms with Crippen LogP contribution in [0.5, 0.6) is 0 Å². The highest BCUT2D eigenvalue weighted by molar-refractivity contribution is 5.99. The van der Waals surface area contributed by atoms with Gasteiger partial charge in [-0.25, -0.2) is 15.0 Å². The Morgan fingerprint density at radius 3 is 2.61 bits per heavy atom. The highest BCUT2D eigenvalue weighted by Crippen LogP contribution is 2.33. The number of aromatic amines is 2. The number of imidazole rings is 1. The van der Waals surface area contributed by atoms with Crippen LogP contribution in [-0.4, -0.2) is 51.2 Å². The number of anilines is 2. The number of para-hydroxylation sites is 1. The van der Waals surface area contributed by atoms with Crippen LogP contribution in [0.3, 0.4) is 0 Å². The van der Waals surface area contributed by atoms with Crippen LogP contribution in [0, 0.1) is 0 Å². The molecule has 2 aromatic carbocycles. The fourth-order valence-corrected chi connectivity index (χ4v) is 4.95. The monoisotopic (exact) mass is 509 g/mol. The van der Waals surface area contributed by atoms with Gasteiger partial charge < -0.3 is 24.9 Å². The Kier molecular flexibility index (Phi) is 6.29. The number of fused-ring (bicyclic) bond motifs is 2. The van der Waals surface area contributed by atoms with Crippen molar-refractivity contribution in [3.63, 3.8) is 0 Å². The molecule has 0 aliphatic carbocycles. The lowest BCUT2D eigenvalue weighted by Gasteiger charge is -2.28. The van der Waals surface area contributed by atoms with Crippen molar-refractivity contribution in [3.05, 3.63) is 76.6 Å². The van der Waals surface area contributed by atoms with Gasteiger partial charge in [0.25, 0.3) is 5.56 Å². The number of nitrogens with one attached hydrogen (secondary N) is 3. The molecule has 0 spiro atoms. The Morgan fingerprint density at radius 1 is 0.974 bits per heavy atom. The van der Waals surface area contributed by atoms with Gasteiger partial charge in [-0.2, -0.15) is 0 Å². The third kappa shape index (κ3) is 4.50. The van der Waals surface area contributed by atoms with Crippen molar-refractivity contribution in [2.24, 2.45) is 0 Å². The molecule has 9 nitrogen and oxygen atoms in total. The van der Waals surface area contributed by atoms with Gasteiger partial charge in [0.15, 0.2) is 0 Å². The summed E-state index contributed by atoms with van der Waals surface area (Å²) in [6, 6.07) is 15.6. The molecule has 1 aliphatic rings. The molecule has 1 fully saturated rings. The maximum atomic E-state index is 13.5. The molecule has 38 heavy (non-hydrogen) atoms. The average molecular weight is 510 g/mol. The van der Waals surface area contributed by atoms with E-state index in [1.165, 1.54) is 0 Å². The van der Waals surface area contributed by atoms with E-state index in [9.17, 15) is 4.79 Å². The second-order valence-corrected chi connectivity index (χ2v) is 10.00. The molecule has 0 amide bonds. The highest BCUT2D eigenvalue weighted by atomic mass is 16.5. The van der Waals surface area contributed by atoms with Gasteiger partial charge in [0.1, 0.15) is 17.2 Å². The van der Waals surface area contributed by atoms with E-state index >= 15 is 0 Å². The van der Waals surface area contributed by atoms with Gasteiger partial charge in [-0.15, -0.1) is 0 Å². The molecule has 0 radical (unpaired) electrons. The summed E-state index contributed by atoms with van der Waals surface area (Å²) in [6.45, 7) is 9.36. The zero-order valence-electron chi connectivity index (χ0n) is 21.8. The summed E-state index contributed by atoms with van der Waals surface area (Å²) in [5.41, 5.74) is 5.45. The predicted molar refractivity (Wildman–Crippen MR) is 151 cm³/mol. The number of H-pyrrole nitrogens is 2. The van der Waals surface area contributed by atoms with E-state index in [0.29, 0.717) is 22.9 Å². The summed E-state index contributed by atoms with van der Waals surface area (Å²) in [4.78, 5) is 36.3. The SMILES string of the molecule is CC(C)c1ccnc(C(C)Nc2c(-c3nc4ccc(N5CCOCC5)cc4[nH]3)c(=O)[nH]c3ccccc23)n1. The molecule has 3 N–H and O–H groups in total. The van der Waals surface area contributed by atoms with E-state index in [2.05, 4.69) is 51.1 Å². The van der Waals surface area contributed by atoms with Gasteiger partial charge in [0.05, 0.1) is 41.5 Å². The standard InChI is InChI=1S/C29H31N7O2/c1-17(2)21-10-11-30-27(32-21)18(3)31-26-20-6-4-5-7-22(20)35-29(37)25(26)28-33-23-9-8-19(16-24(23)34-28)36-12-14-38-15-13-36/h4-11,16-18H,12-15H2,1-3H3,(H,33,34)(H2,31,35,37). The molecule has 0 saturated carbocycles. The van der Waals surface area contributed by atoms with E-state index in [-0.39, 0.29) is 17.5 Å². The number of rotatable bonds is 6. The van der Waals surface area contributed by atoms with Crippen molar-refractivity contribution in [2.75, 3.05) is 36.5 Å². The molecule has 1 aliphatic heterocycles. The number of benzene rings is 2. The minimum Gasteiger partial charge on any atom is -0.378 e. The van der Waals surface area contributed by atoms with Crippen molar-refractivity contribution in [2.45, 2.75) is 32.7 Å². The van der Waals surface area contributed by atoms with Crippen LogP contribution in [0.2, 0.25) is 0 Å². The molecule has 6 rings (SSSR count). The largest absolute Gasteiger partial charge is 0.378 e. The van der Waals surface area contributed by atoms with Crippen molar-refractivity contribution >= 4 is 33.3 Å². The van der Waals surface area contributed by atoms with Crippen LogP contribution in [0.4, 0.5) is 11.4 Å². The quantitative estimate of drug-likeness (QED) is 0.295. The van der Waals surface area contributed by atoms with Crippen LogP contribution in [0.1, 0.15) is 44.2 Å². The maximum Gasteiger partial charge on any atom is 0.261 e. The van der Waals surface area contributed by atoms with Crippen molar-refractivity contribution < 1.29 is 4.74 Å². The number of hydrogen-bond acceptors (Lipinski definition) is 7. The van der Waals surface area contributed by atoms with Gasteiger partial charge >= 0.3 is 0 Å². The maximum absolute atomic E-state index is 13.5. The number of aromatic nitrogens is 5. The lowest BCUT2D eigenvalue weighted by atomic mass is 10.1. The second-order valence-electron chi connectivity index (χ2n) is 10.00. The fourth-order valence-electron chi connectivity index (χ4n) is 4.95. The molecule has 9 heteroatoms. The highest BCUT2D eigenvalue weighted by Gasteiger charge is 2.21. The first-order chi connectivity index (χ1) is 18.5. The third-order valence-electron chi connectivity index (χ3n) is 7.04. The minimum atomic E-state index is -0.241. The molecule has 4 heterocycles. The minimum absolute atomic E-state index is 0.220. The summed E-state index contributed by atoms with van der Waals surface area (Å²) in [6.07, 6.45) is 1.79. The molecule has 1 atom stereocenters. The summed E-state index contributed by atoms with van der Waals surface area (Å²) in [5.74, 6) is 1.47. The fraction of sp³-hybridized carbons (Fsp3) is 0.310. The molecule has 3 aromatic heterocycles. The molecular weight excluding hydrogens is 478 g/mol. The lowest BCUT2D eigenvalue weighted by molar-refractivity contribution is 0.122. The van der Waals surface area contributed by atoms with Gasteiger partial charge in [0, 0.05) is 36.1 Å². The van der Waals surface area contributed by atoms with Crippen LogP contribution < -0.4 is 15.8 Å². The Balaban J connectivity index is 1.45.